The average Bonchev–Trinajstić information content (AvgIpc) is 3.53. The summed E-state index contributed by atoms with van der Waals surface area (Å²) in [7, 11) is -0.346. The maximum absolute atomic E-state index is 6.18. The molecular weight excluding hydrogens is 811 g/mol. The van der Waals surface area contributed by atoms with Gasteiger partial charge in [-0.25, -0.2) is 4.98 Å². The molecule has 1 fully saturated rings. The van der Waals surface area contributed by atoms with Gasteiger partial charge in [-0.05, 0) is 134 Å². The van der Waals surface area contributed by atoms with E-state index in [2.05, 4.69) is 203 Å². The zero-order chi connectivity index (χ0) is 45.3. The van der Waals surface area contributed by atoms with E-state index in [9.17, 15) is 0 Å². The molecule has 1 aliphatic heterocycles. The van der Waals surface area contributed by atoms with Gasteiger partial charge in [0, 0.05) is 52.1 Å². The Bertz CT molecular complexity index is 2630. The van der Waals surface area contributed by atoms with Crippen molar-refractivity contribution in [3.8, 4) is 11.3 Å². The molecule has 0 atom stereocenters. The van der Waals surface area contributed by atoms with Gasteiger partial charge in [-0.1, -0.05) is 109 Å². The van der Waals surface area contributed by atoms with Gasteiger partial charge < -0.3 is 19.1 Å². The Labute approximate surface area is 383 Å². The van der Waals surface area contributed by atoms with Crippen LogP contribution in [0.1, 0.15) is 50.5 Å². The Kier molecular flexibility index (Phi) is 14.4. The zero-order valence-corrected chi connectivity index (χ0v) is 38.5. The summed E-state index contributed by atoms with van der Waals surface area (Å²) in [4.78, 5) is 21.5. The summed E-state index contributed by atoms with van der Waals surface area (Å²) >= 11 is 5.61. The highest BCUT2D eigenvalue weighted by molar-refractivity contribution is 6.62. The van der Waals surface area contributed by atoms with Crippen molar-refractivity contribution >= 4 is 58.3 Å². The first kappa shape index (κ1) is 45.4. The standard InChI is InChI=1S/C24H26BNO2.C24H21N3.C6H7ClN2/c1-23(2)24(3,4)28-25(27-23)19-15-17-22(18-16-19)26(20-11-7-5-8-12-20)21-13-9-6-10-14-21;1-18-17-25-24(19(2)26-18)20-13-15-23(16-14-20)27(21-9-5-3-6-10-21)22-11-7-4-8-12-22;1-4-3-8-6(7)5(2)9-4/h5-18H,1-4H3;3-17H,1-2H3;3H,1-2H3. The van der Waals surface area contributed by atoms with Crippen LogP contribution in [-0.4, -0.2) is 38.3 Å². The topological polar surface area (TPSA) is 76.5 Å². The highest BCUT2D eigenvalue weighted by Gasteiger charge is 2.51. The number of rotatable bonds is 8. The van der Waals surface area contributed by atoms with Gasteiger partial charge in [-0.2, -0.15) is 0 Å². The van der Waals surface area contributed by atoms with Crippen molar-refractivity contribution < 1.29 is 9.31 Å². The first-order valence-electron chi connectivity index (χ1n) is 21.4. The van der Waals surface area contributed by atoms with Crippen molar-refractivity contribution in [2.24, 2.45) is 0 Å². The maximum Gasteiger partial charge on any atom is 0.494 e. The normalized spacial score (nSPS) is 13.5. The molecular formula is C54H54BClN6O2. The molecule has 0 radical (unpaired) electrons. The summed E-state index contributed by atoms with van der Waals surface area (Å²) < 4.78 is 12.4. The molecule has 0 N–H and O–H groups in total. The molecule has 1 saturated heterocycles. The van der Waals surface area contributed by atoms with E-state index in [4.69, 9.17) is 20.9 Å². The molecule has 0 saturated carbocycles. The van der Waals surface area contributed by atoms with Crippen LogP contribution < -0.4 is 15.3 Å². The summed E-state index contributed by atoms with van der Waals surface area (Å²) in [6.07, 6.45) is 3.46. The van der Waals surface area contributed by atoms with Crippen LogP contribution in [0.3, 0.4) is 0 Å². The molecule has 0 bridgehead atoms. The highest BCUT2D eigenvalue weighted by atomic mass is 35.5. The maximum atomic E-state index is 6.18. The number of aryl methyl sites for hydroxylation is 4. The van der Waals surface area contributed by atoms with Gasteiger partial charge >= 0.3 is 7.12 Å². The summed E-state index contributed by atoms with van der Waals surface area (Å²) in [6, 6.07) is 58.5. The first-order valence-corrected chi connectivity index (χ1v) is 21.8. The second kappa shape index (κ2) is 20.2. The van der Waals surface area contributed by atoms with E-state index in [0.717, 1.165) is 73.6 Å². The van der Waals surface area contributed by atoms with E-state index >= 15 is 0 Å². The van der Waals surface area contributed by atoms with Crippen molar-refractivity contribution in [2.45, 2.75) is 66.6 Å². The van der Waals surface area contributed by atoms with Crippen LogP contribution >= 0.6 is 11.6 Å². The molecule has 3 heterocycles. The van der Waals surface area contributed by atoms with Crippen LogP contribution in [0.5, 0.6) is 0 Å². The third kappa shape index (κ3) is 10.9. The Morgan fingerprint density at radius 3 is 1.14 bits per heavy atom. The SMILES string of the molecule is CC1(C)OB(c2ccc(N(c3ccccc3)c3ccccc3)cc2)OC1(C)C.Cc1cnc(-c2ccc(N(c3ccccc3)c3ccccc3)cc2)c(C)n1.Cc1cnc(Cl)c(C)n1. The number of hydrogen-bond donors (Lipinski definition) is 0. The van der Waals surface area contributed by atoms with Crippen LogP contribution in [0.25, 0.3) is 11.3 Å². The van der Waals surface area contributed by atoms with Gasteiger partial charge in [0.2, 0.25) is 0 Å². The van der Waals surface area contributed by atoms with E-state index in [-0.39, 0.29) is 18.3 Å². The number of nitrogens with zero attached hydrogens (tertiary/aromatic N) is 6. The lowest BCUT2D eigenvalue weighted by Gasteiger charge is -2.32. The monoisotopic (exact) mass is 864 g/mol. The molecule has 9 rings (SSSR count). The quantitative estimate of drug-likeness (QED) is 0.140. The van der Waals surface area contributed by atoms with Crippen molar-refractivity contribution in [3.63, 3.8) is 0 Å². The Hall–Kier alpha value is -6.65. The second-order valence-corrected chi connectivity index (χ2v) is 16.9. The highest BCUT2D eigenvalue weighted by Crippen LogP contribution is 2.38. The molecule has 0 unspecified atom stereocenters. The number of anilines is 6. The summed E-state index contributed by atoms with van der Waals surface area (Å²) in [6.45, 7) is 16.0. The van der Waals surface area contributed by atoms with Crippen molar-refractivity contribution in [1.82, 2.24) is 19.9 Å². The molecule has 8 aromatic rings. The molecule has 64 heavy (non-hydrogen) atoms. The Morgan fingerprint density at radius 2 is 0.781 bits per heavy atom. The minimum atomic E-state index is -0.346. The largest absolute Gasteiger partial charge is 0.494 e. The fourth-order valence-electron chi connectivity index (χ4n) is 7.19. The summed E-state index contributed by atoms with van der Waals surface area (Å²) in [5, 5.41) is 0.487. The van der Waals surface area contributed by atoms with E-state index in [1.165, 1.54) is 0 Å². The average molecular weight is 865 g/mol. The Morgan fingerprint density at radius 1 is 0.438 bits per heavy atom. The lowest BCUT2D eigenvalue weighted by atomic mass is 9.79. The number of benzene rings is 6. The molecule has 8 nitrogen and oxygen atoms in total. The number of halogens is 1. The van der Waals surface area contributed by atoms with E-state index < -0.39 is 0 Å². The minimum absolute atomic E-state index is 0.337. The number of hydrogen-bond acceptors (Lipinski definition) is 8. The third-order valence-electron chi connectivity index (χ3n) is 11.2. The van der Waals surface area contributed by atoms with Crippen LogP contribution in [0.2, 0.25) is 5.15 Å². The Balaban J connectivity index is 0.000000161. The molecule has 2 aromatic heterocycles. The van der Waals surface area contributed by atoms with Crippen LogP contribution in [0, 0.1) is 27.7 Å². The summed E-state index contributed by atoms with van der Waals surface area (Å²) in [5.74, 6) is 0. The van der Waals surface area contributed by atoms with Gasteiger partial charge in [0.05, 0.1) is 39.7 Å². The third-order valence-corrected chi connectivity index (χ3v) is 11.6. The lowest BCUT2D eigenvalue weighted by Crippen LogP contribution is -2.41. The molecule has 10 heteroatoms. The molecule has 0 aliphatic carbocycles. The number of para-hydroxylation sites is 4. The van der Waals surface area contributed by atoms with Gasteiger partial charge in [0.15, 0.2) is 0 Å². The van der Waals surface area contributed by atoms with E-state index in [1.54, 1.807) is 6.20 Å². The zero-order valence-electron chi connectivity index (χ0n) is 37.8. The fourth-order valence-corrected chi connectivity index (χ4v) is 7.29. The smallest absolute Gasteiger partial charge is 0.399 e. The fraction of sp³-hybridized carbons (Fsp3) is 0.185. The van der Waals surface area contributed by atoms with Gasteiger partial charge in [0.1, 0.15) is 5.15 Å². The molecule has 6 aromatic carbocycles. The molecule has 322 valence electrons. The predicted octanol–water partition coefficient (Wildman–Crippen LogP) is 13.4. The van der Waals surface area contributed by atoms with Crippen molar-refractivity contribution in [1.29, 1.82) is 0 Å². The number of aromatic nitrogens is 4. The van der Waals surface area contributed by atoms with Gasteiger partial charge in [-0.15, -0.1) is 0 Å². The lowest BCUT2D eigenvalue weighted by molar-refractivity contribution is 0.00578. The van der Waals surface area contributed by atoms with E-state index in [1.807, 2.05) is 58.2 Å². The minimum Gasteiger partial charge on any atom is -0.399 e. The van der Waals surface area contributed by atoms with Crippen molar-refractivity contribution in [3.05, 3.63) is 210 Å². The van der Waals surface area contributed by atoms with Crippen LogP contribution in [-0.2, 0) is 9.31 Å². The second-order valence-electron chi connectivity index (χ2n) is 16.6. The molecule has 0 spiro atoms. The van der Waals surface area contributed by atoms with E-state index in [0.29, 0.717) is 5.15 Å². The van der Waals surface area contributed by atoms with Gasteiger partial charge in [-0.3, -0.25) is 15.0 Å². The van der Waals surface area contributed by atoms with Crippen molar-refractivity contribution in [2.75, 3.05) is 9.80 Å². The van der Waals surface area contributed by atoms with Gasteiger partial charge in [0.25, 0.3) is 0 Å². The van der Waals surface area contributed by atoms with Crippen LogP contribution in [0.15, 0.2) is 182 Å². The predicted molar refractivity (Wildman–Crippen MR) is 265 cm³/mol. The molecule has 1 aliphatic rings. The first-order chi connectivity index (χ1) is 30.8. The summed E-state index contributed by atoms with van der Waals surface area (Å²) in [5.41, 5.74) is 12.6. The molecule has 0 amide bonds. The van der Waals surface area contributed by atoms with Crippen LogP contribution in [0.4, 0.5) is 34.1 Å².